The van der Waals surface area contributed by atoms with Gasteiger partial charge < -0.3 is 23.5 Å². The highest BCUT2D eigenvalue weighted by atomic mass is 16.5. The maximum Gasteiger partial charge on any atom is 0.338 e. The first kappa shape index (κ1) is 20.3. The molecule has 0 amide bonds. The number of esters is 1. The highest BCUT2D eigenvalue weighted by Crippen LogP contribution is 2.32. The maximum atomic E-state index is 12.2. The van der Waals surface area contributed by atoms with E-state index in [1.807, 2.05) is 19.9 Å². The number of rotatable bonds is 8. The number of carbonyl (C=O) groups excluding carboxylic acids is 1. The van der Waals surface area contributed by atoms with Crippen molar-refractivity contribution in [3.63, 3.8) is 0 Å². The Hall–Kier alpha value is -3.48. The maximum absolute atomic E-state index is 12.2. The average Bonchev–Trinajstić information content (AvgIpc) is 3.20. The van der Waals surface area contributed by atoms with Crippen LogP contribution in [0.25, 0.3) is 11.3 Å². The zero-order valence-corrected chi connectivity index (χ0v) is 16.8. The highest BCUT2D eigenvalue weighted by Gasteiger charge is 2.13. The van der Waals surface area contributed by atoms with Crippen LogP contribution in [-0.4, -0.2) is 31.4 Å². The highest BCUT2D eigenvalue weighted by molar-refractivity contribution is 5.89. The Morgan fingerprint density at radius 1 is 1.00 bits per heavy atom. The number of aromatic nitrogens is 1. The number of hydrogen-bond donors (Lipinski definition) is 0. The summed E-state index contributed by atoms with van der Waals surface area (Å²) >= 11 is 0. The van der Waals surface area contributed by atoms with Gasteiger partial charge in [0.05, 0.1) is 25.9 Å². The fourth-order valence-corrected chi connectivity index (χ4v) is 2.67. The first-order valence-corrected chi connectivity index (χ1v) is 9.12. The van der Waals surface area contributed by atoms with Crippen LogP contribution in [0.1, 0.15) is 29.9 Å². The minimum atomic E-state index is -0.447. The first-order chi connectivity index (χ1) is 14.0. The number of carbonyl (C=O) groups is 1. The lowest BCUT2D eigenvalue weighted by Crippen LogP contribution is -2.07. The summed E-state index contributed by atoms with van der Waals surface area (Å²) in [5, 5.41) is 3.96. The van der Waals surface area contributed by atoms with E-state index in [2.05, 4.69) is 5.16 Å². The van der Waals surface area contributed by atoms with Crippen LogP contribution in [-0.2, 0) is 11.3 Å². The van der Waals surface area contributed by atoms with E-state index in [-0.39, 0.29) is 12.7 Å². The minimum Gasteiger partial charge on any atom is -0.493 e. The summed E-state index contributed by atoms with van der Waals surface area (Å²) in [6.07, 6.45) is 0.0693. The van der Waals surface area contributed by atoms with Crippen LogP contribution in [0.4, 0.5) is 0 Å². The van der Waals surface area contributed by atoms with Crippen molar-refractivity contribution in [2.45, 2.75) is 26.6 Å². The van der Waals surface area contributed by atoms with Gasteiger partial charge >= 0.3 is 5.97 Å². The Morgan fingerprint density at radius 2 is 1.72 bits per heavy atom. The van der Waals surface area contributed by atoms with Crippen LogP contribution < -0.4 is 14.2 Å². The average molecular weight is 397 g/mol. The van der Waals surface area contributed by atoms with E-state index in [1.54, 1.807) is 56.7 Å². The van der Waals surface area contributed by atoms with Crippen LogP contribution in [0, 0.1) is 0 Å². The van der Waals surface area contributed by atoms with Crippen molar-refractivity contribution >= 4 is 5.97 Å². The second-order valence-corrected chi connectivity index (χ2v) is 6.52. The first-order valence-electron chi connectivity index (χ1n) is 9.12. The molecule has 1 aromatic heterocycles. The second-order valence-electron chi connectivity index (χ2n) is 6.52. The number of nitrogens with zero attached hydrogens (tertiary/aromatic N) is 1. The molecular formula is C22H23NO6. The standard InChI is InChI=1S/C22H23NO6/c1-14(2)28-18-8-5-15(6-9-18)22(24)27-13-17-12-20(29-23-17)16-7-10-19(25-3)21(11-16)26-4/h5-12,14H,13H2,1-4H3. The molecule has 0 aliphatic heterocycles. The van der Waals surface area contributed by atoms with Crippen molar-refractivity contribution in [2.24, 2.45) is 0 Å². The third-order valence-corrected chi connectivity index (χ3v) is 4.04. The van der Waals surface area contributed by atoms with E-state index in [0.717, 1.165) is 5.56 Å². The molecule has 0 atom stereocenters. The van der Waals surface area contributed by atoms with Gasteiger partial charge in [0.1, 0.15) is 18.1 Å². The van der Waals surface area contributed by atoms with Gasteiger partial charge in [-0.05, 0) is 56.3 Å². The van der Waals surface area contributed by atoms with Gasteiger partial charge in [-0.2, -0.15) is 0 Å². The van der Waals surface area contributed by atoms with Crippen LogP contribution in [0.15, 0.2) is 53.1 Å². The van der Waals surface area contributed by atoms with Crippen LogP contribution in [0.2, 0.25) is 0 Å². The predicted molar refractivity (Wildman–Crippen MR) is 106 cm³/mol. The van der Waals surface area contributed by atoms with E-state index in [0.29, 0.717) is 34.3 Å². The van der Waals surface area contributed by atoms with Crippen molar-refractivity contribution < 1.29 is 28.3 Å². The molecule has 0 fully saturated rings. The van der Waals surface area contributed by atoms with E-state index in [1.165, 1.54) is 0 Å². The van der Waals surface area contributed by atoms with Crippen LogP contribution in [0.5, 0.6) is 17.2 Å². The molecule has 0 N–H and O–H groups in total. The molecule has 1 heterocycles. The van der Waals surface area contributed by atoms with Gasteiger partial charge in [-0.25, -0.2) is 4.79 Å². The van der Waals surface area contributed by atoms with Gasteiger partial charge in [0.15, 0.2) is 17.3 Å². The Balaban J connectivity index is 1.62. The Kier molecular flexibility index (Phi) is 6.39. The van der Waals surface area contributed by atoms with Crippen molar-refractivity contribution in [3.05, 3.63) is 59.8 Å². The van der Waals surface area contributed by atoms with E-state index in [9.17, 15) is 4.79 Å². The summed E-state index contributed by atoms with van der Waals surface area (Å²) in [6, 6.07) is 13.9. The number of benzene rings is 2. The summed E-state index contributed by atoms with van der Waals surface area (Å²) in [5.41, 5.74) is 1.71. The molecule has 7 heteroatoms. The molecular weight excluding hydrogens is 374 g/mol. The number of hydrogen-bond acceptors (Lipinski definition) is 7. The fraction of sp³-hybridized carbons (Fsp3) is 0.273. The molecule has 3 aromatic rings. The summed E-state index contributed by atoms with van der Waals surface area (Å²) in [4.78, 5) is 12.2. The zero-order valence-electron chi connectivity index (χ0n) is 16.8. The molecule has 0 saturated carbocycles. The summed E-state index contributed by atoms with van der Waals surface area (Å²) in [5.74, 6) is 1.99. The van der Waals surface area contributed by atoms with Gasteiger partial charge in [-0.15, -0.1) is 0 Å². The smallest absolute Gasteiger partial charge is 0.338 e. The van der Waals surface area contributed by atoms with Crippen molar-refractivity contribution in [1.29, 1.82) is 0 Å². The lowest BCUT2D eigenvalue weighted by molar-refractivity contribution is 0.0464. The molecule has 0 spiro atoms. The third-order valence-electron chi connectivity index (χ3n) is 4.04. The summed E-state index contributed by atoms with van der Waals surface area (Å²) < 4.78 is 26.8. The molecule has 3 rings (SSSR count). The largest absolute Gasteiger partial charge is 0.493 e. The molecule has 0 radical (unpaired) electrons. The van der Waals surface area contributed by atoms with E-state index in [4.69, 9.17) is 23.5 Å². The van der Waals surface area contributed by atoms with Gasteiger partial charge in [-0.1, -0.05) is 5.16 Å². The molecule has 152 valence electrons. The van der Waals surface area contributed by atoms with E-state index >= 15 is 0 Å². The SMILES string of the molecule is COc1ccc(-c2cc(COC(=O)c3ccc(OC(C)C)cc3)no2)cc1OC. The Morgan fingerprint density at radius 3 is 2.38 bits per heavy atom. The molecule has 0 aliphatic rings. The van der Waals surface area contributed by atoms with E-state index < -0.39 is 5.97 Å². The van der Waals surface area contributed by atoms with Gasteiger partial charge in [-0.3, -0.25) is 0 Å². The summed E-state index contributed by atoms with van der Waals surface area (Å²) in [7, 11) is 3.14. The fourth-order valence-electron chi connectivity index (χ4n) is 2.67. The third kappa shape index (κ3) is 5.07. The number of methoxy groups -OCH3 is 2. The Labute approximate surface area is 169 Å². The quantitative estimate of drug-likeness (QED) is 0.518. The predicted octanol–water partition coefficient (Wildman–Crippen LogP) is 4.50. The monoisotopic (exact) mass is 397 g/mol. The molecule has 7 nitrogen and oxygen atoms in total. The van der Waals surface area contributed by atoms with Crippen molar-refractivity contribution in [1.82, 2.24) is 5.16 Å². The molecule has 0 unspecified atom stereocenters. The number of ether oxygens (including phenoxy) is 4. The topological polar surface area (TPSA) is 80.0 Å². The molecule has 0 bridgehead atoms. The van der Waals surface area contributed by atoms with Gasteiger partial charge in [0.25, 0.3) is 0 Å². The van der Waals surface area contributed by atoms with Crippen molar-refractivity contribution in [3.8, 4) is 28.6 Å². The van der Waals surface area contributed by atoms with Gasteiger partial charge in [0, 0.05) is 11.6 Å². The van der Waals surface area contributed by atoms with Gasteiger partial charge in [0.2, 0.25) is 0 Å². The van der Waals surface area contributed by atoms with Crippen LogP contribution in [0.3, 0.4) is 0 Å². The molecule has 0 aliphatic carbocycles. The lowest BCUT2D eigenvalue weighted by atomic mass is 10.1. The minimum absolute atomic E-state index is 0.000131. The lowest BCUT2D eigenvalue weighted by Gasteiger charge is -2.09. The zero-order chi connectivity index (χ0) is 20.8. The van der Waals surface area contributed by atoms with Crippen molar-refractivity contribution in [2.75, 3.05) is 14.2 Å². The second kappa shape index (κ2) is 9.14. The molecule has 2 aromatic carbocycles. The normalized spacial score (nSPS) is 10.7. The molecule has 0 saturated heterocycles. The van der Waals surface area contributed by atoms with Crippen LogP contribution >= 0.6 is 0 Å². The summed E-state index contributed by atoms with van der Waals surface area (Å²) in [6.45, 7) is 3.88. The molecule has 29 heavy (non-hydrogen) atoms. The Bertz CT molecular complexity index is 962.